The standard InChI is InChI=1S/C26H23ClF2N6O3S/c1-16(36)31-25(30)32-26(34-39(37,38)22-14-20(28)13-21(29)15-22)35-12-11-23(17-5-3-2-4-6-17)24(33-35)18-7-9-19(27)10-8-18/h2-10,13-15,23H,11-12H2,1H3,(H3,30,31,32,34,36)/t23-/m1/s1. The van der Waals surface area contributed by atoms with Crippen LogP contribution in [0, 0.1) is 11.6 Å². The number of nitrogens with one attached hydrogen (secondary N) is 1. The van der Waals surface area contributed by atoms with E-state index in [1.165, 1.54) is 11.9 Å². The molecule has 13 heteroatoms. The number of hydrogen-bond acceptors (Lipinski definition) is 4. The molecule has 3 N–H and O–H groups in total. The molecule has 1 aliphatic heterocycles. The van der Waals surface area contributed by atoms with Crippen LogP contribution in [0.15, 0.2) is 92.2 Å². The molecule has 0 aromatic heterocycles. The van der Waals surface area contributed by atoms with Crippen molar-refractivity contribution in [1.29, 1.82) is 0 Å². The van der Waals surface area contributed by atoms with E-state index in [9.17, 15) is 22.0 Å². The Balaban J connectivity index is 1.86. The van der Waals surface area contributed by atoms with Gasteiger partial charge in [-0.3, -0.25) is 10.1 Å². The van der Waals surface area contributed by atoms with Gasteiger partial charge in [-0.15, -0.1) is 4.40 Å². The van der Waals surface area contributed by atoms with E-state index >= 15 is 0 Å². The van der Waals surface area contributed by atoms with Gasteiger partial charge in [-0.1, -0.05) is 54.1 Å². The van der Waals surface area contributed by atoms with Crippen LogP contribution in [-0.2, 0) is 14.8 Å². The first-order valence-corrected chi connectivity index (χ1v) is 13.4. The Morgan fingerprint density at radius 2 is 1.72 bits per heavy atom. The molecule has 39 heavy (non-hydrogen) atoms. The summed E-state index contributed by atoms with van der Waals surface area (Å²) in [6.45, 7) is 1.34. The molecule has 9 nitrogen and oxygen atoms in total. The van der Waals surface area contributed by atoms with Crippen LogP contribution >= 0.6 is 11.6 Å². The Morgan fingerprint density at radius 1 is 1.08 bits per heavy atom. The maximum atomic E-state index is 13.8. The normalized spacial score (nSPS) is 16.6. The molecule has 3 aromatic carbocycles. The summed E-state index contributed by atoms with van der Waals surface area (Å²) in [5.74, 6) is -3.88. The summed E-state index contributed by atoms with van der Waals surface area (Å²) in [6.07, 6.45) is 0.467. The lowest BCUT2D eigenvalue weighted by Crippen LogP contribution is -2.40. The number of halogens is 3. The molecular weight excluding hydrogens is 550 g/mol. The molecule has 0 saturated heterocycles. The summed E-state index contributed by atoms with van der Waals surface area (Å²) in [5, 5.41) is 8.65. The molecule has 1 heterocycles. The van der Waals surface area contributed by atoms with Gasteiger partial charge < -0.3 is 5.73 Å². The zero-order valence-electron chi connectivity index (χ0n) is 20.6. The predicted octanol–water partition coefficient (Wildman–Crippen LogP) is 4.01. The smallest absolute Gasteiger partial charge is 0.285 e. The average Bonchev–Trinajstić information content (AvgIpc) is 2.88. The van der Waals surface area contributed by atoms with Gasteiger partial charge in [0.1, 0.15) is 11.6 Å². The van der Waals surface area contributed by atoms with Crippen LogP contribution in [0.2, 0.25) is 5.02 Å². The van der Waals surface area contributed by atoms with Crippen molar-refractivity contribution < 1.29 is 22.0 Å². The fourth-order valence-electron chi connectivity index (χ4n) is 3.95. The molecular formula is C26H23ClF2N6O3S. The van der Waals surface area contributed by atoms with Gasteiger partial charge in [-0.25, -0.2) is 13.8 Å². The van der Waals surface area contributed by atoms with Crippen molar-refractivity contribution in [2.45, 2.75) is 24.2 Å². The Labute approximate surface area is 228 Å². The number of guanidine groups is 2. The predicted molar refractivity (Wildman–Crippen MR) is 145 cm³/mol. The Morgan fingerprint density at radius 3 is 2.33 bits per heavy atom. The summed E-state index contributed by atoms with van der Waals surface area (Å²) in [4.78, 5) is 14.7. The first-order chi connectivity index (χ1) is 18.5. The van der Waals surface area contributed by atoms with Crippen molar-refractivity contribution >= 4 is 45.2 Å². The summed E-state index contributed by atoms with van der Waals surface area (Å²) >= 11 is 6.08. The lowest BCUT2D eigenvalue weighted by atomic mass is 9.86. The van der Waals surface area contributed by atoms with Crippen LogP contribution in [0.25, 0.3) is 0 Å². The number of amides is 1. The fraction of sp³-hybridized carbons (Fsp3) is 0.154. The molecule has 0 saturated carbocycles. The minimum absolute atomic E-state index is 0.152. The van der Waals surface area contributed by atoms with Crippen LogP contribution in [0.1, 0.15) is 30.4 Å². The van der Waals surface area contributed by atoms with Gasteiger partial charge in [0.2, 0.25) is 11.9 Å². The zero-order valence-corrected chi connectivity index (χ0v) is 22.1. The molecule has 1 amide bonds. The molecule has 0 spiro atoms. The first kappa shape index (κ1) is 27.9. The van der Waals surface area contributed by atoms with Gasteiger partial charge in [0.25, 0.3) is 16.0 Å². The largest absolute Gasteiger partial charge is 0.369 e. The van der Waals surface area contributed by atoms with Gasteiger partial charge in [0, 0.05) is 30.5 Å². The molecule has 4 rings (SSSR count). The second-order valence-electron chi connectivity index (χ2n) is 8.52. The van der Waals surface area contributed by atoms with Crippen LogP contribution in [-0.4, -0.2) is 43.5 Å². The summed E-state index contributed by atoms with van der Waals surface area (Å²) in [6, 6.07) is 18.3. The molecule has 0 unspecified atom stereocenters. The SMILES string of the molecule is CC(=O)N/C(N)=N/C(=N/S(=O)(=O)c1cc(F)cc(F)c1)N1CC[C@H](c2ccccc2)C(c2ccc(Cl)cc2)=N1. The topological polar surface area (TPSA) is 130 Å². The van der Waals surface area contributed by atoms with Crippen LogP contribution in [0.4, 0.5) is 8.78 Å². The lowest BCUT2D eigenvalue weighted by Gasteiger charge is -2.30. The van der Waals surface area contributed by atoms with E-state index in [1.54, 1.807) is 24.3 Å². The highest BCUT2D eigenvalue weighted by Crippen LogP contribution is 2.30. The highest BCUT2D eigenvalue weighted by molar-refractivity contribution is 7.90. The molecule has 202 valence electrons. The van der Waals surface area contributed by atoms with E-state index < -0.39 is 44.4 Å². The van der Waals surface area contributed by atoms with Crippen molar-refractivity contribution in [3.8, 4) is 0 Å². The van der Waals surface area contributed by atoms with Crippen LogP contribution < -0.4 is 11.1 Å². The quantitative estimate of drug-likeness (QED) is 0.360. The Hall–Kier alpha value is -4.16. The average molecular weight is 573 g/mol. The molecule has 0 bridgehead atoms. The van der Waals surface area contributed by atoms with E-state index in [1.807, 2.05) is 30.3 Å². The minimum Gasteiger partial charge on any atom is -0.369 e. The van der Waals surface area contributed by atoms with Crippen LogP contribution in [0.3, 0.4) is 0 Å². The van der Waals surface area contributed by atoms with Gasteiger partial charge in [0.15, 0.2) is 0 Å². The third-order valence-electron chi connectivity index (χ3n) is 5.62. The number of hydrogen-bond donors (Lipinski definition) is 2. The second kappa shape index (κ2) is 11.7. The summed E-state index contributed by atoms with van der Waals surface area (Å²) in [7, 11) is -4.68. The van der Waals surface area contributed by atoms with E-state index in [0.29, 0.717) is 40.9 Å². The van der Waals surface area contributed by atoms with E-state index in [0.717, 1.165) is 5.56 Å². The Bertz CT molecular complexity index is 1560. The van der Waals surface area contributed by atoms with Crippen molar-refractivity contribution in [1.82, 2.24) is 10.3 Å². The Kier molecular flexibility index (Phi) is 8.36. The number of carbonyl (C=O) groups is 1. The number of nitrogens with zero attached hydrogens (tertiary/aromatic N) is 4. The van der Waals surface area contributed by atoms with Gasteiger partial charge in [-0.05, 0) is 41.8 Å². The van der Waals surface area contributed by atoms with Crippen molar-refractivity contribution in [2.24, 2.45) is 20.2 Å². The zero-order chi connectivity index (χ0) is 28.2. The number of nitrogens with two attached hydrogens (primary N) is 1. The monoisotopic (exact) mass is 572 g/mol. The maximum Gasteiger partial charge on any atom is 0.285 e. The molecule has 0 aliphatic carbocycles. The molecule has 3 aromatic rings. The minimum atomic E-state index is -4.68. The number of hydrazone groups is 1. The third-order valence-corrected chi connectivity index (χ3v) is 7.11. The second-order valence-corrected chi connectivity index (χ2v) is 10.6. The van der Waals surface area contributed by atoms with Gasteiger partial charge >= 0.3 is 0 Å². The van der Waals surface area contributed by atoms with Gasteiger partial charge in [0.05, 0.1) is 10.6 Å². The van der Waals surface area contributed by atoms with E-state index in [2.05, 4.69) is 19.8 Å². The highest BCUT2D eigenvalue weighted by atomic mass is 35.5. The van der Waals surface area contributed by atoms with E-state index in [-0.39, 0.29) is 12.5 Å². The maximum absolute atomic E-state index is 13.8. The summed E-state index contributed by atoms with van der Waals surface area (Å²) in [5.41, 5.74) is 8.06. The third kappa shape index (κ3) is 7.03. The lowest BCUT2D eigenvalue weighted by molar-refractivity contribution is -0.117. The van der Waals surface area contributed by atoms with Crippen molar-refractivity contribution in [3.63, 3.8) is 0 Å². The van der Waals surface area contributed by atoms with Crippen molar-refractivity contribution in [3.05, 3.63) is 101 Å². The molecule has 1 atom stereocenters. The molecule has 0 radical (unpaired) electrons. The number of aliphatic imine (C=N–C) groups is 1. The van der Waals surface area contributed by atoms with Gasteiger partial charge in [-0.2, -0.15) is 18.5 Å². The highest BCUT2D eigenvalue weighted by Gasteiger charge is 2.29. The molecule has 0 fully saturated rings. The summed E-state index contributed by atoms with van der Waals surface area (Å²) < 4.78 is 57.4. The number of rotatable bonds is 4. The molecule has 1 aliphatic rings. The van der Waals surface area contributed by atoms with E-state index in [4.69, 9.17) is 17.3 Å². The first-order valence-electron chi connectivity index (χ1n) is 11.6. The number of sulfonamides is 1. The number of benzene rings is 3. The fourth-order valence-corrected chi connectivity index (χ4v) is 5.06. The van der Waals surface area contributed by atoms with Crippen molar-refractivity contribution in [2.75, 3.05) is 6.54 Å². The number of carbonyl (C=O) groups excluding carboxylic acids is 1. The van der Waals surface area contributed by atoms with Crippen LogP contribution in [0.5, 0.6) is 0 Å².